The van der Waals surface area contributed by atoms with Gasteiger partial charge in [0.1, 0.15) is 11.6 Å². The van der Waals surface area contributed by atoms with Gasteiger partial charge in [-0.2, -0.15) is 5.10 Å². The molecular formula is C12H16N6O. The maximum Gasteiger partial charge on any atom is 0.251 e. The summed E-state index contributed by atoms with van der Waals surface area (Å²) in [7, 11) is 0. The molecule has 0 fully saturated rings. The SMILES string of the molecule is CCc1nc(CC)n(-c2cnc(N)cc2C(N)=O)n1. The fourth-order valence-electron chi connectivity index (χ4n) is 1.79. The molecule has 100 valence electrons. The second kappa shape index (κ2) is 5.05. The quantitative estimate of drug-likeness (QED) is 0.829. The molecule has 7 nitrogen and oxygen atoms in total. The molecule has 2 aromatic heterocycles. The van der Waals surface area contributed by atoms with Gasteiger partial charge in [-0.05, 0) is 6.07 Å². The third-order valence-electron chi connectivity index (χ3n) is 2.75. The summed E-state index contributed by atoms with van der Waals surface area (Å²) < 4.78 is 1.60. The van der Waals surface area contributed by atoms with Crippen molar-refractivity contribution < 1.29 is 4.79 Å². The first kappa shape index (κ1) is 13.0. The fourth-order valence-corrected chi connectivity index (χ4v) is 1.79. The number of primary amides is 1. The van der Waals surface area contributed by atoms with Crippen LogP contribution in [0.15, 0.2) is 12.3 Å². The van der Waals surface area contributed by atoms with Crippen LogP contribution in [0, 0.1) is 0 Å². The molecule has 4 N–H and O–H groups in total. The van der Waals surface area contributed by atoms with Gasteiger partial charge in [0.15, 0.2) is 5.82 Å². The topological polar surface area (TPSA) is 113 Å². The number of nitrogen functional groups attached to an aromatic ring is 1. The summed E-state index contributed by atoms with van der Waals surface area (Å²) >= 11 is 0. The van der Waals surface area contributed by atoms with Crippen LogP contribution >= 0.6 is 0 Å². The Morgan fingerprint density at radius 3 is 2.68 bits per heavy atom. The minimum Gasteiger partial charge on any atom is -0.384 e. The van der Waals surface area contributed by atoms with Crippen molar-refractivity contribution in [1.29, 1.82) is 0 Å². The second-order valence-corrected chi connectivity index (χ2v) is 4.05. The molecule has 0 aliphatic carbocycles. The highest BCUT2D eigenvalue weighted by molar-refractivity contribution is 5.97. The van der Waals surface area contributed by atoms with Gasteiger partial charge in [0.25, 0.3) is 5.91 Å². The summed E-state index contributed by atoms with van der Waals surface area (Å²) in [5.41, 5.74) is 11.7. The summed E-state index contributed by atoms with van der Waals surface area (Å²) in [6.45, 7) is 3.93. The van der Waals surface area contributed by atoms with Crippen LogP contribution in [0.3, 0.4) is 0 Å². The number of rotatable bonds is 4. The lowest BCUT2D eigenvalue weighted by molar-refractivity contribution is 0.1000. The van der Waals surface area contributed by atoms with E-state index in [4.69, 9.17) is 11.5 Å². The van der Waals surface area contributed by atoms with E-state index >= 15 is 0 Å². The number of aryl methyl sites for hydroxylation is 2. The van der Waals surface area contributed by atoms with Crippen molar-refractivity contribution >= 4 is 11.7 Å². The Morgan fingerprint density at radius 1 is 1.37 bits per heavy atom. The van der Waals surface area contributed by atoms with Crippen molar-refractivity contribution in [3.8, 4) is 5.69 Å². The molecule has 2 rings (SSSR count). The number of hydrogen-bond donors (Lipinski definition) is 2. The molecule has 2 heterocycles. The van der Waals surface area contributed by atoms with E-state index in [2.05, 4.69) is 15.1 Å². The van der Waals surface area contributed by atoms with Crippen molar-refractivity contribution in [2.24, 2.45) is 5.73 Å². The van der Waals surface area contributed by atoms with Crippen molar-refractivity contribution in [2.45, 2.75) is 26.7 Å². The highest BCUT2D eigenvalue weighted by Gasteiger charge is 2.16. The van der Waals surface area contributed by atoms with Crippen LogP contribution in [0.5, 0.6) is 0 Å². The normalized spacial score (nSPS) is 10.6. The Labute approximate surface area is 110 Å². The van der Waals surface area contributed by atoms with Gasteiger partial charge in [-0.1, -0.05) is 13.8 Å². The molecule has 1 amide bonds. The number of nitrogens with zero attached hydrogens (tertiary/aromatic N) is 4. The molecule has 0 atom stereocenters. The van der Waals surface area contributed by atoms with E-state index in [9.17, 15) is 4.79 Å². The molecule has 7 heteroatoms. The molecule has 0 aliphatic heterocycles. The first-order chi connectivity index (χ1) is 9.06. The van der Waals surface area contributed by atoms with Gasteiger partial charge >= 0.3 is 0 Å². The first-order valence-electron chi connectivity index (χ1n) is 6.07. The summed E-state index contributed by atoms with van der Waals surface area (Å²) in [4.78, 5) is 19.9. The third-order valence-corrected chi connectivity index (χ3v) is 2.75. The Balaban J connectivity index is 2.64. The zero-order valence-electron chi connectivity index (χ0n) is 10.9. The number of anilines is 1. The van der Waals surface area contributed by atoms with Gasteiger partial charge in [-0.15, -0.1) is 0 Å². The number of carbonyl (C=O) groups excluding carboxylic acids is 1. The maximum atomic E-state index is 11.5. The lowest BCUT2D eigenvalue weighted by Crippen LogP contribution is -2.17. The van der Waals surface area contributed by atoms with E-state index in [0.717, 1.165) is 5.82 Å². The summed E-state index contributed by atoms with van der Waals surface area (Å²) in [6.07, 6.45) is 2.90. The van der Waals surface area contributed by atoms with E-state index in [1.54, 1.807) is 4.68 Å². The van der Waals surface area contributed by atoms with Crippen LogP contribution in [0.2, 0.25) is 0 Å². The number of amides is 1. The van der Waals surface area contributed by atoms with E-state index in [1.165, 1.54) is 12.3 Å². The van der Waals surface area contributed by atoms with Crippen molar-refractivity contribution in [2.75, 3.05) is 5.73 Å². The first-order valence-corrected chi connectivity index (χ1v) is 6.07. The smallest absolute Gasteiger partial charge is 0.251 e. The van der Waals surface area contributed by atoms with E-state index in [-0.39, 0.29) is 11.4 Å². The highest BCUT2D eigenvalue weighted by atomic mass is 16.1. The molecule has 19 heavy (non-hydrogen) atoms. The van der Waals surface area contributed by atoms with Crippen LogP contribution < -0.4 is 11.5 Å². The highest BCUT2D eigenvalue weighted by Crippen LogP contribution is 2.17. The van der Waals surface area contributed by atoms with Crippen molar-refractivity contribution in [3.63, 3.8) is 0 Å². The molecule has 0 aliphatic rings. The van der Waals surface area contributed by atoms with Gasteiger partial charge in [0.05, 0.1) is 17.4 Å². The van der Waals surface area contributed by atoms with Crippen LogP contribution in [0.25, 0.3) is 5.69 Å². The van der Waals surface area contributed by atoms with Gasteiger partial charge in [0, 0.05) is 12.8 Å². The monoisotopic (exact) mass is 260 g/mol. The summed E-state index contributed by atoms with van der Waals surface area (Å²) in [5.74, 6) is 1.14. The minimum atomic E-state index is -0.570. The van der Waals surface area contributed by atoms with Gasteiger partial charge in [-0.3, -0.25) is 4.79 Å². The summed E-state index contributed by atoms with van der Waals surface area (Å²) in [6, 6.07) is 1.45. The molecule has 0 unspecified atom stereocenters. The molecule has 0 aromatic carbocycles. The van der Waals surface area contributed by atoms with E-state index < -0.39 is 5.91 Å². The van der Waals surface area contributed by atoms with Crippen LogP contribution in [0.4, 0.5) is 5.82 Å². The largest absolute Gasteiger partial charge is 0.384 e. The Morgan fingerprint density at radius 2 is 2.11 bits per heavy atom. The van der Waals surface area contributed by atoms with E-state index in [1.807, 2.05) is 13.8 Å². The predicted molar refractivity (Wildman–Crippen MR) is 70.8 cm³/mol. The van der Waals surface area contributed by atoms with Crippen LogP contribution in [0.1, 0.15) is 35.9 Å². The molecule has 0 saturated heterocycles. The molecule has 0 saturated carbocycles. The number of hydrogen-bond acceptors (Lipinski definition) is 5. The molecular weight excluding hydrogens is 244 g/mol. The van der Waals surface area contributed by atoms with Gasteiger partial charge in [-0.25, -0.2) is 14.6 Å². The number of aromatic nitrogens is 4. The van der Waals surface area contributed by atoms with Crippen molar-refractivity contribution in [1.82, 2.24) is 19.7 Å². The van der Waals surface area contributed by atoms with Crippen LogP contribution in [-0.4, -0.2) is 25.7 Å². The summed E-state index contributed by atoms with van der Waals surface area (Å²) in [5, 5.41) is 4.36. The standard InChI is InChI=1S/C12H16N6O/c1-3-10-16-11(4-2)18(17-10)8-6-15-9(13)5-7(8)12(14)19/h5-6H,3-4H2,1-2H3,(H2,13,15)(H2,14,19). The average molecular weight is 260 g/mol. The fraction of sp³-hybridized carbons (Fsp3) is 0.333. The molecule has 0 spiro atoms. The second-order valence-electron chi connectivity index (χ2n) is 4.05. The van der Waals surface area contributed by atoms with Gasteiger partial charge in [0.2, 0.25) is 0 Å². The number of pyridine rings is 1. The predicted octanol–water partition coefficient (Wildman–Crippen LogP) is 0.468. The number of nitrogens with two attached hydrogens (primary N) is 2. The Kier molecular flexibility index (Phi) is 3.46. The van der Waals surface area contributed by atoms with E-state index in [0.29, 0.717) is 24.4 Å². The Hall–Kier alpha value is -2.44. The zero-order valence-corrected chi connectivity index (χ0v) is 10.9. The molecule has 2 aromatic rings. The van der Waals surface area contributed by atoms with Crippen LogP contribution in [-0.2, 0) is 12.8 Å². The Bertz CT molecular complexity index is 619. The van der Waals surface area contributed by atoms with Gasteiger partial charge < -0.3 is 11.5 Å². The third kappa shape index (κ3) is 2.40. The molecule has 0 radical (unpaired) electrons. The lowest BCUT2D eigenvalue weighted by atomic mass is 10.2. The lowest BCUT2D eigenvalue weighted by Gasteiger charge is -2.08. The van der Waals surface area contributed by atoms with Crippen molar-refractivity contribution in [3.05, 3.63) is 29.5 Å². The maximum absolute atomic E-state index is 11.5. The molecule has 0 bridgehead atoms. The zero-order chi connectivity index (χ0) is 14.0. The number of carbonyl (C=O) groups is 1. The minimum absolute atomic E-state index is 0.242. The average Bonchev–Trinajstić information content (AvgIpc) is 2.81.